The summed E-state index contributed by atoms with van der Waals surface area (Å²) in [5.41, 5.74) is 3.59. The van der Waals surface area contributed by atoms with Gasteiger partial charge in [0.2, 0.25) is 0 Å². The summed E-state index contributed by atoms with van der Waals surface area (Å²) < 4.78 is 5.43. The van der Waals surface area contributed by atoms with E-state index in [0.29, 0.717) is 23.5 Å². The molecule has 138 valence electrons. The zero-order valence-corrected chi connectivity index (χ0v) is 15.6. The lowest BCUT2D eigenvalue weighted by atomic mass is 9.94. The van der Waals surface area contributed by atoms with Crippen LogP contribution in [-0.4, -0.2) is 10.7 Å². The number of nitrogens with zero attached hydrogens (tertiary/aromatic N) is 1. The summed E-state index contributed by atoms with van der Waals surface area (Å²) in [6.07, 6.45) is 1.77. The van der Waals surface area contributed by atoms with Gasteiger partial charge in [-0.2, -0.15) is 0 Å². The van der Waals surface area contributed by atoms with Crippen molar-refractivity contribution in [2.45, 2.75) is 12.5 Å². The van der Waals surface area contributed by atoms with E-state index in [2.05, 4.69) is 10.1 Å². The van der Waals surface area contributed by atoms with Crippen LogP contribution in [0.4, 0.5) is 0 Å². The van der Waals surface area contributed by atoms with Crippen LogP contribution in [0, 0.1) is 0 Å². The molecule has 6 heteroatoms. The highest BCUT2D eigenvalue weighted by Gasteiger charge is 2.29. The molecule has 1 unspecified atom stereocenters. The maximum Gasteiger partial charge on any atom is 0.258 e. The molecule has 1 aliphatic rings. The van der Waals surface area contributed by atoms with Crippen LogP contribution in [0.5, 0.6) is 0 Å². The molecular formula is C22H16N2O3S. The first-order chi connectivity index (χ1) is 13.8. The molecule has 5 nitrogen and oxygen atoms in total. The van der Waals surface area contributed by atoms with Gasteiger partial charge in [-0.3, -0.25) is 4.79 Å². The van der Waals surface area contributed by atoms with Gasteiger partial charge in [0.05, 0.1) is 28.1 Å². The van der Waals surface area contributed by atoms with Gasteiger partial charge in [0, 0.05) is 6.42 Å². The van der Waals surface area contributed by atoms with Crippen molar-refractivity contribution in [2.24, 2.45) is 5.16 Å². The summed E-state index contributed by atoms with van der Waals surface area (Å²) in [7, 11) is 0. The number of hydrogen-bond acceptors (Lipinski definition) is 5. The smallest absolute Gasteiger partial charge is 0.258 e. The maximum atomic E-state index is 13.1. The second-order valence-electron chi connectivity index (χ2n) is 6.50. The van der Waals surface area contributed by atoms with Gasteiger partial charge in [0.25, 0.3) is 5.56 Å². The molecule has 0 spiro atoms. The van der Waals surface area contributed by atoms with E-state index < -0.39 is 0 Å². The van der Waals surface area contributed by atoms with Gasteiger partial charge in [-0.25, -0.2) is 0 Å². The fraction of sp³-hybridized carbons (Fsp3) is 0.0909. The van der Waals surface area contributed by atoms with Crippen LogP contribution in [0.25, 0.3) is 21.7 Å². The number of hydrogen-bond donors (Lipinski definition) is 1. The predicted octanol–water partition coefficient (Wildman–Crippen LogP) is 5.23. The Morgan fingerprint density at radius 3 is 2.71 bits per heavy atom. The van der Waals surface area contributed by atoms with Crippen LogP contribution in [-0.2, 0) is 4.84 Å². The normalized spacial score (nSPS) is 16.0. The minimum atomic E-state index is -0.315. The highest BCUT2D eigenvalue weighted by molar-refractivity contribution is 7.13. The standard InChI is InChI=1S/C22H16N2O3S/c25-22-21(17-13-19(27-24-17)18-8-4-10-26-18)15(14-6-2-1-3-7-14)12-16(23-22)20-9-5-11-28-20/h1-12,19H,13H2,(H,23,25). The van der Waals surface area contributed by atoms with Crippen molar-refractivity contribution in [1.29, 1.82) is 0 Å². The fourth-order valence-electron chi connectivity index (χ4n) is 3.41. The third kappa shape index (κ3) is 2.97. The van der Waals surface area contributed by atoms with Crippen molar-refractivity contribution in [3.05, 3.63) is 94.0 Å². The largest absolute Gasteiger partial charge is 0.465 e. The summed E-state index contributed by atoms with van der Waals surface area (Å²) in [6, 6.07) is 19.5. The SMILES string of the molecule is O=c1[nH]c(-c2cccs2)cc(-c2ccccc2)c1C1=NOC(c2ccco2)C1. The zero-order chi connectivity index (χ0) is 18.9. The van der Waals surface area contributed by atoms with Crippen LogP contribution in [0.15, 0.2) is 86.7 Å². The van der Waals surface area contributed by atoms with E-state index in [-0.39, 0.29) is 11.7 Å². The number of thiophene rings is 1. The average molecular weight is 388 g/mol. The number of rotatable bonds is 4. The molecule has 0 fully saturated rings. The van der Waals surface area contributed by atoms with E-state index in [9.17, 15) is 4.79 Å². The Bertz CT molecular complexity index is 1180. The molecule has 5 rings (SSSR count). The molecule has 28 heavy (non-hydrogen) atoms. The summed E-state index contributed by atoms with van der Waals surface area (Å²) in [4.78, 5) is 22.7. The lowest BCUT2D eigenvalue weighted by Crippen LogP contribution is -2.20. The summed E-state index contributed by atoms with van der Waals surface area (Å²) in [6.45, 7) is 0. The molecule has 0 saturated heterocycles. The third-order valence-corrected chi connectivity index (χ3v) is 5.63. The Balaban J connectivity index is 1.62. The van der Waals surface area contributed by atoms with E-state index in [0.717, 1.165) is 21.7 Å². The number of nitrogens with one attached hydrogen (secondary N) is 1. The van der Waals surface area contributed by atoms with Crippen LogP contribution in [0.3, 0.4) is 0 Å². The van der Waals surface area contributed by atoms with Crippen molar-refractivity contribution in [3.8, 4) is 21.7 Å². The molecule has 4 aromatic rings. The molecule has 1 aliphatic heterocycles. The first kappa shape index (κ1) is 16.8. The first-order valence-electron chi connectivity index (χ1n) is 8.92. The Hall–Kier alpha value is -3.38. The Kier molecular flexibility index (Phi) is 4.18. The van der Waals surface area contributed by atoms with Crippen molar-refractivity contribution in [2.75, 3.05) is 0 Å². The highest BCUT2D eigenvalue weighted by atomic mass is 32.1. The minimum absolute atomic E-state index is 0.174. The molecule has 4 heterocycles. The van der Waals surface area contributed by atoms with E-state index in [1.807, 2.05) is 66.0 Å². The number of furan rings is 1. The summed E-state index contributed by atoms with van der Waals surface area (Å²) in [5.74, 6) is 0.701. The predicted molar refractivity (Wildman–Crippen MR) is 109 cm³/mol. The third-order valence-electron chi connectivity index (χ3n) is 4.72. The van der Waals surface area contributed by atoms with Crippen molar-refractivity contribution < 1.29 is 9.25 Å². The fourth-order valence-corrected chi connectivity index (χ4v) is 4.11. The van der Waals surface area contributed by atoms with Gasteiger partial charge in [0.1, 0.15) is 5.76 Å². The Morgan fingerprint density at radius 2 is 1.96 bits per heavy atom. The monoisotopic (exact) mass is 388 g/mol. The molecule has 0 bridgehead atoms. The Morgan fingerprint density at radius 1 is 1.07 bits per heavy atom. The topological polar surface area (TPSA) is 67.6 Å². The molecule has 1 atom stereocenters. The van der Waals surface area contributed by atoms with Gasteiger partial charge in [-0.1, -0.05) is 41.6 Å². The highest BCUT2D eigenvalue weighted by Crippen LogP contribution is 2.34. The minimum Gasteiger partial charge on any atom is -0.465 e. The lowest BCUT2D eigenvalue weighted by molar-refractivity contribution is 0.0689. The van der Waals surface area contributed by atoms with Gasteiger partial charge < -0.3 is 14.2 Å². The summed E-state index contributed by atoms with van der Waals surface area (Å²) >= 11 is 1.59. The van der Waals surface area contributed by atoms with Crippen molar-refractivity contribution in [1.82, 2.24) is 4.98 Å². The second kappa shape index (κ2) is 6.98. The second-order valence-corrected chi connectivity index (χ2v) is 7.44. The van der Waals surface area contributed by atoms with E-state index >= 15 is 0 Å². The van der Waals surface area contributed by atoms with Gasteiger partial charge >= 0.3 is 0 Å². The van der Waals surface area contributed by atoms with Crippen LogP contribution in [0.1, 0.15) is 23.8 Å². The first-order valence-corrected chi connectivity index (χ1v) is 9.80. The lowest BCUT2D eigenvalue weighted by Gasteiger charge is -2.11. The van der Waals surface area contributed by atoms with Gasteiger partial charge in [0.15, 0.2) is 6.10 Å². The van der Waals surface area contributed by atoms with Crippen LogP contribution >= 0.6 is 11.3 Å². The molecule has 0 radical (unpaired) electrons. The van der Waals surface area contributed by atoms with Crippen LogP contribution in [0.2, 0.25) is 0 Å². The number of aromatic nitrogens is 1. The van der Waals surface area contributed by atoms with Gasteiger partial charge in [-0.15, -0.1) is 11.3 Å². The molecule has 0 saturated carbocycles. The van der Waals surface area contributed by atoms with E-state index in [4.69, 9.17) is 9.25 Å². The van der Waals surface area contributed by atoms with E-state index in [1.165, 1.54) is 0 Å². The maximum absolute atomic E-state index is 13.1. The number of aromatic amines is 1. The van der Waals surface area contributed by atoms with Crippen LogP contribution < -0.4 is 5.56 Å². The summed E-state index contributed by atoms with van der Waals surface area (Å²) in [5, 5.41) is 6.21. The molecule has 0 aliphatic carbocycles. The van der Waals surface area contributed by atoms with Crippen molar-refractivity contribution >= 4 is 17.0 Å². The van der Waals surface area contributed by atoms with Crippen molar-refractivity contribution in [3.63, 3.8) is 0 Å². The molecular weight excluding hydrogens is 372 g/mol. The molecule has 1 aromatic carbocycles. The molecule has 1 N–H and O–H groups in total. The average Bonchev–Trinajstić information content (AvgIpc) is 3.50. The number of H-pyrrole nitrogens is 1. The van der Waals surface area contributed by atoms with E-state index in [1.54, 1.807) is 17.6 Å². The van der Waals surface area contributed by atoms with Gasteiger partial charge in [-0.05, 0) is 40.8 Å². The quantitative estimate of drug-likeness (QED) is 0.520. The number of benzene rings is 1. The molecule has 3 aromatic heterocycles. The number of oxime groups is 1. The number of pyridine rings is 1. The zero-order valence-electron chi connectivity index (χ0n) is 14.8. The molecule has 0 amide bonds. The Labute approximate surface area is 164 Å².